The summed E-state index contributed by atoms with van der Waals surface area (Å²) in [4.78, 5) is 32.8. The lowest BCUT2D eigenvalue weighted by atomic mass is 10.2. The van der Waals surface area contributed by atoms with Crippen molar-refractivity contribution in [3.63, 3.8) is 0 Å². The first-order chi connectivity index (χ1) is 14.9. The molecule has 1 amide bonds. The molecule has 0 bridgehead atoms. The second-order valence-electron chi connectivity index (χ2n) is 7.18. The van der Waals surface area contributed by atoms with Crippen molar-refractivity contribution in [3.05, 3.63) is 44.7 Å². The molecule has 2 aromatic rings. The molecule has 8 nitrogen and oxygen atoms in total. The van der Waals surface area contributed by atoms with E-state index in [0.717, 1.165) is 5.56 Å². The molecule has 2 N–H and O–H groups in total. The number of amides is 1. The number of rotatable bonds is 9. The monoisotopic (exact) mass is 462 g/mol. The van der Waals surface area contributed by atoms with E-state index in [9.17, 15) is 14.7 Å². The van der Waals surface area contributed by atoms with Gasteiger partial charge < -0.3 is 15.2 Å². The average molecular weight is 463 g/mol. The third-order valence-corrected chi connectivity index (χ3v) is 6.40. The topological polar surface area (TPSA) is 96.2 Å². The Morgan fingerprint density at radius 1 is 1.42 bits per heavy atom. The summed E-state index contributed by atoms with van der Waals surface area (Å²) in [7, 11) is 1.61. The van der Waals surface area contributed by atoms with E-state index in [1.165, 1.54) is 21.1 Å². The zero-order valence-electron chi connectivity index (χ0n) is 17.8. The standard InChI is InChI=1S/C21H26N4O4S2/c1-4-14(12-26)22-17-15(19(27)24-8-5-7-13(2)18(24)23-17)11-16-20(28)25(21(30)31-16)9-6-10-29-3/h5,7-8,11,14,22,26H,4,6,9-10,12H2,1-3H3/b16-11-/t14-/m1/s1. The van der Waals surface area contributed by atoms with Crippen LogP contribution in [0.5, 0.6) is 0 Å². The van der Waals surface area contributed by atoms with Crippen LogP contribution in [0.2, 0.25) is 0 Å². The number of fused-ring (bicyclic) bond motifs is 1. The lowest BCUT2D eigenvalue weighted by molar-refractivity contribution is -0.122. The van der Waals surface area contributed by atoms with Gasteiger partial charge in [0, 0.05) is 26.5 Å². The van der Waals surface area contributed by atoms with Crippen LogP contribution < -0.4 is 10.9 Å². The van der Waals surface area contributed by atoms with Crippen molar-refractivity contribution in [2.75, 3.05) is 32.2 Å². The number of thiocarbonyl (C=S) groups is 1. The van der Waals surface area contributed by atoms with Gasteiger partial charge in [0.15, 0.2) is 0 Å². The molecular formula is C21H26N4O4S2. The molecule has 3 heterocycles. The first-order valence-corrected chi connectivity index (χ1v) is 11.3. The summed E-state index contributed by atoms with van der Waals surface area (Å²) in [5.41, 5.74) is 1.32. The van der Waals surface area contributed by atoms with Crippen molar-refractivity contribution in [1.29, 1.82) is 0 Å². The molecule has 1 fully saturated rings. The molecule has 0 aliphatic carbocycles. The Kier molecular flexibility index (Phi) is 7.82. The van der Waals surface area contributed by atoms with Gasteiger partial charge in [-0.15, -0.1) is 0 Å². The van der Waals surface area contributed by atoms with Crippen molar-refractivity contribution in [2.24, 2.45) is 0 Å². The number of methoxy groups -OCH3 is 1. The number of aromatic nitrogens is 2. The zero-order chi connectivity index (χ0) is 22.5. The maximum atomic E-state index is 13.3. The van der Waals surface area contributed by atoms with Crippen LogP contribution in [-0.4, -0.2) is 62.5 Å². The zero-order valence-corrected chi connectivity index (χ0v) is 19.4. The Morgan fingerprint density at radius 2 is 2.19 bits per heavy atom. The second-order valence-corrected chi connectivity index (χ2v) is 8.85. The number of carbonyl (C=O) groups is 1. The molecule has 1 atom stereocenters. The summed E-state index contributed by atoms with van der Waals surface area (Å²) in [5, 5.41) is 12.8. The van der Waals surface area contributed by atoms with E-state index in [1.54, 1.807) is 25.4 Å². The minimum atomic E-state index is -0.298. The van der Waals surface area contributed by atoms with Crippen LogP contribution in [0.25, 0.3) is 11.7 Å². The second kappa shape index (κ2) is 10.4. The van der Waals surface area contributed by atoms with E-state index in [1.807, 2.05) is 19.9 Å². The highest BCUT2D eigenvalue weighted by Gasteiger charge is 2.32. The summed E-state index contributed by atoms with van der Waals surface area (Å²) < 4.78 is 6.97. The minimum absolute atomic E-state index is 0.105. The van der Waals surface area contributed by atoms with Crippen LogP contribution in [0, 0.1) is 6.92 Å². The van der Waals surface area contributed by atoms with Crippen LogP contribution in [0.3, 0.4) is 0 Å². The minimum Gasteiger partial charge on any atom is -0.394 e. The van der Waals surface area contributed by atoms with Crippen LogP contribution in [-0.2, 0) is 9.53 Å². The van der Waals surface area contributed by atoms with Gasteiger partial charge in [0.2, 0.25) is 0 Å². The summed E-state index contributed by atoms with van der Waals surface area (Å²) in [6.07, 6.45) is 4.51. The number of aryl methyl sites for hydroxylation is 1. The fourth-order valence-electron chi connectivity index (χ4n) is 3.21. The van der Waals surface area contributed by atoms with E-state index in [0.29, 0.717) is 46.7 Å². The van der Waals surface area contributed by atoms with E-state index < -0.39 is 0 Å². The first-order valence-electron chi connectivity index (χ1n) is 10.0. The van der Waals surface area contributed by atoms with Gasteiger partial charge in [0.05, 0.1) is 23.1 Å². The van der Waals surface area contributed by atoms with Gasteiger partial charge in [-0.3, -0.25) is 18.9 Å². The molecule has 3 rings (SSSR count). The average Bonchev–Trinajstić information content (AvgIpc) is 3.02. The van der Waals surface area contributed by atoms with Crippen molar-refractivity contribution in [3.8, 4) is 0 Å². The number of pyridine rings is 1. The van der Waals surface area contributed by atoms with Crippen molar-refractivity contribution < 1.29 is 14.6 Å². The first kappa shape index (κ1) is 23.4. The lowest BCUT2D eigenvalue weighted by Crippen LogP contribution is -2.30. The van der Waals surface area contributed by atoms with Gasteiger partial charge in [-0.05, 0) is 37.5 Å². The molecule has 31 heavy (non-hydrogen) atoms. The highest BCUT2D eigenvalue weighted by Crippen LogP contribution is 2.33. The number of aliphatic hydroxyl groups excluding tert-OH is 1. The van der Waals surface area contributed by atoms with Crippen LogP contribution >= 0.6 is 24.0 Å². The van der Waals surface area contributed by atoms with E-state index in [4.69, 9.17) is 17.0 Å². The molecule has 1 aliphatic rings. The molecule has 0 spiro atoms. The molecule has 0 radical (unpaired) electrons. The lowest BCUT2D eigenvalue weighted by Gasteiger charge is -2.17. The third-order valence-electron chi connectivity index (χ3n) is 5.02. The summed E-state index contributed by atoms with van der Waals surface area (Å²) >= 11 is 6.53. The van der Waals surface area contributed by atoms with Crippen molar-refractivity contribution >= 4 is 51.7 Å². The van der Waals surface area contributed by atoms with Crippen molar-refractivity contribution in [2.45, 2.75) is 32.7 Å². The summed E-state index contributed by atoms with van der Waals surface area (Å²) in [5.74, 6) is 0.102. The number of ether oxygens (including phenoxy) is 1. The summed E-state index contributed by atoms with van der Waals surface area (Å²) in [6.45, 7) is 4.68. The Bertz CT molecular complexity index is 1080. The van der Waals surface area contributed by atoms with Crippen molar-refractivity contribution in [1.82, 2.24) is 14.3 Å². The number of hydrogen-bond acceptors (Lipinski definition) is 8. The molecular weight excluding hydrogens is 436 g/mol. The molecule has 1 aliphatic heterocycles. The largest absolute Gasteiger partial charge is 0.394 e. The Labute approximate surface area is 190 Å². The number of hydrogen-bond donors (Lipinski definition) is 2. The quantitative estimate of drug-likeness (QED) is 0.333. The van der Waals surface area contributed by atoms with E-state index >= 15 is 0 Å². The van der Waals surface area contributed by atoms with E-state index in [-0.39, 0.29) is 29.7 Å². The number of nitrogens with one attached hydrogen (secondary N) is 1. The molecule has 1 saturated heterocycles. The molecule has 0 aromatic carbocycles. The number of aliphatic hydroxyl groups is 1. The van der Waals surface area contributed by atoms with Gasteiger partial charge in [-0.1, -0.05) is 37.0 Å². The maximum Gasteiger partial charge on any atom is 0.267 e. The Balaban J connectivity index is 2.08. The van der Waals surface area contributed by atoms with Gasteiger partial charge >= 0.3 is 0 Å². The van der Waals surface area contributed by atoms with Crippen LogP contribution in [0.4, 0.5) is 5.82 Å². The van der Waals surface area contributed by atoms with Crippen LogP contribution in [0.15, 0.2) is 28.0 Å². The Hall–Kier alpha value is -2.27. The number of carbonyl (C=O) groups excluding carboxylic acids is 1. The Morgan fingerprint density at radius 3 is 2.87 bits per heavy atom. The molecule has 2 aromatic heterocycles. The van der Waals surface area contributed by atoms with Gasteiger partial charge in [0.25, 0.3) is 11.5 Å². The predicted octanol–water partition coefficient (Wildman–Crippen LogP) is 2.42. The normalized spacial score (nSPS) is 16.5. The summed E-state index contributed by atoms with van der Waals surface area (Å²) in [6, 6.07) is 3.38. The van der Waals surface area contributed by atoms with Gasteiger partial charge in [-0.25, -0.2) is 4.98 Å². The maximum absolute atomic E-state index is 13.3. The molecule has 0 saturated carbocycles. The SMILES string of the molecule is CC[C@H](CO)Nc1nc2c(C)cccn2c(=O)c1/C=C1\SC(=S)N(CCCOC)C1=O. The predicted molar refractivity (Wildman–Crippen MR) is 127 cm³/mol. The number of anilines is 1. The van der Waals surface area contributed by atoms with Gasteiger partial charge in [0.1, 0.15) is 15.8 Å². The van der Waals surface area contributed by atoms with Gasteiger partial charge in [-0.2, -0.15) is 0 Å². The molecule has 0 unspecified atom stereocenters. The third kappa shape index (κ3) is 4.98. The number of thioether (sulfide) groups is 1. The fourth-order valence-corrected chi connectivity index (χ4v) is 4.50. The highest BCUT2D eigenvalue weighted by molar-refractivity contribution is 8.26. The molecule has 166 valence electrons. The smallest absolute Gasteiger partial charge is 0.267 e. The molecule has 10 heteroatoms. The van der Waals surface area contributed by atoms with Crippen LogP contribution in [0.1, 0.15) is 30.9 Å². The fraction of sp³-hybridized carbons (Fsp3) is 0.429. The van der Waals surface area contributed by atoms with E-state index in [2.05, 4.69) is 10.3 Å². The highest BCUT2D eigenvalue weighted by atomic mass is 32.2. The number of nitrogens with zero attached hydrogens (tertiary/aromatic N) is 3.